The molecule has 0 bridgehead atoms. The van der Waals surface area contributed by atoms with Gasteiger partial charge in [0, 0.05) is 43.0 Å². The molecule has 0 aliphatic carbocycles. The molecule has 0 fully saturated rings. The van der Waals surface area contributed by atoms with Gasteiger partial charge >= 0.3 is 0 Å². The molecule has 0 aliphatic heterocycles. The van der Waals surface area contributed by atoms with Crippen LogP contribution in [0, 0.1) is 0 Å². The van der Waals surface area contributed by atoms with Crippen molar-refractivity contribution in [3.05, 3.63) is 60.4 Å². The molecule has 3 aromatic rings. The summed E-state index contributed by atoms with van der Waals surface area (Å²) < 4.78 is 5.49. The molecule has 3 rings (SSSR count). The molecular formula is C20H19N3O3. The standard InChI is InChI=1S/C20H19N3O3/c1-23(2)19(24)12-26-16-7-5-13(6-8-16)18-11-22-10-15-4-3-14(20(21)25)9-17(15)18/h3-11H,12H2,1-2H3,(H2,21,25). The van der Waals surface area contributed by atoms with Gasteiger partial charge in [-0.3, -0.25) is 14.6 Å². The third kappa shape index (κ3) is 3.64. The smallest absolute Gasteiger partial charge is 0.259 e. The summed E-state index contributed by atoms with van der Waals surface area (Å²) in [4.78, 5) is 28.8. The molecule has 0 spiro atoms. The first-order chi connectivity index (χ1) is 12.5. The molecule has 6 heteroatoms. The lowest BCUT2D eigenvalue weighted by Gasteiger charge is -2.12. The fourth-order valence-electron chi connectivity index (χ4n) is 2.55. The fourth-order valence-corrected chi connectivity index (χ4v) is 2.55. The minimum absolute atomic E-state index is 0.00978. The Kier molecular flexibility index (Phi) is 4.84. The van der Waals surface area contributed by atoms with Gasteiger partial charge < -0.3 is 15.4 Å². The Labute approximate surface area is 151 Å². The Bertz CT molecular complexity index is 966. The second-order valence-electron chi connectivity index (χ2n) is 6.09. The first-order valence-electron chi connectivity index (χ1n) is 8.06. The fraction of sp³-hybridized carbons (Fsp3) is 0.150. The number of rotatable bonds is 5. The van der Waals surface area contributed by atoms with Crippen molar-refractivity contribution in [2.45, 2.75) is 0 Å². The summed E-state index contributed by atoms with van der Waals surface area (Å²) in [6.07, 6.45) is 3.49. The van der Waals surface area contributed by atoms with Crippen LogP contribution in [0.4, 0.5) is 0 Å². The lowest BCUT2D eigenvalue weighted by molar-refractivity contribution is -0.130. The van der Waals surface area contributed by atoms with Crippen LogP contribution in [0.1, 0.15) is 10.4 Å². The van der Waals surface area contributed by atoms with E-state index >= 15 is 0 Å². The molecule has 6 nitrogen and oxygen atoms in total. The molecule has 0 radical (unpaired) electrons. The number of hydrogen-bond acceptors (Lipinski definition) is 4. The van der Waals surface area contributed by atoms with Crippen molar-refractivity contribution >= 4 is 22.6 Å². The van der Waals surface area contributed by atoms with E-state index < -0.39 is 5.91 Å². The summed E-state index contributed by atoms with van der Waals surface area (Å²) in [6.45, 7) is -0.00978. The minimum Gasteiger partial charge on any atom is -0.484 e. The lowest BCUT2D eigenvalue weighted by Crippen LogP contribution is -2.27. The summed E-state index contributed by atoms with van der Waals surface area (Å²) >= 11 is 0. The Morgan fingerprint density at radius 2 is 1.81 bits per heavy atom. The van der Waals surface area contributed by atoms with Crippen molar-refractivity contribution < 1.29 is 14.3 Å². The summed E-state index contributed by atoms with van der Waals surface area (Å²) in [5, 5.41) is 1.82. The second-order valence-corrected chi connectivity index (χ2v) is 6.09. The van der Waals surface area contributed by atoms with E-state index in [0.717, 1.165) is 21.9 Å². The topological polar surface area (TPSA) is 85.5 Å². The molecule has 1 aromatic heterocycles. The number of ether oxygens (including phenoxy) is 1. The van der Waals surface area contributed by atoms with Gasteiger partial charge in [0.25, 0.3) is 5.91 Å². The van der Waals surface area contributed by atoms with Crippen LogP contribution in [-0.2, 0) is 4.79 Å². The highest BCUT2D eigenvalue weighted by Crippen LogP contribution is 2.29. The van der Waals surface area contributed by atoms with Crippen molar-refractivity contribution in [1.29, 1.82) is 0 Å². The third-order valence-corrected chi connectivity index (χ3v) is 4.07. The predicted molar refractivity (Wildman–Crippen MR) is 99.9 cm³/mol. The highest BCUT2D eigenvalue weighted by Gasteiger charge is 2.09. The molecule has 0 atom stereocenters. The number of fused-ring (bicyclic) bond motifs is 1. The molecule has 2 N–H and O–H groups in total. The van der Waals surface area contributed by atoms with Gasteiger partial charge in [-0.25, -0.2) is 0 Å². The number of pyridine rings is 1. The van der Waals surface area contributed by atoms with Crippen LogP contribution in [0.5, 0.6) is 5.75 Å². The van der Waals surface area contributed by atoms with Crippen LogP contribution in [0.2, 0.25) is 0 Å². The molecule has 2 amide bonds. The number of carbonyl (C=O) groups is 2. The van der Waals surface area contributed by atoms with Crippen LogP contribution < -0.4 is 10.5 Å². The number of nitrogens with zero attached hydrogens (tertiary/aromatic N) is 2. The molecule has 26 heavy (non-hydrogen) atoms. The number of primary amides is 1. The zero-order valence-electron chi connectivity index (χ0n) is 14.6. The van der Waals surface area contributed by atoms with E-state index in [4.69, 9.17) is 10.5 Å². The SMILES string of the molecule is CN(C)C(=O)COc1ccc(-c2cncc3ccc(C(N)=O)cc23)cc1. The van der Waals surface area contributed by atoms with Crippen LogP contribution in [0.25, 0.3) is 21.9 Å². The number of likely N-dealkylation sites (N-methyl/N-ethyl adjacent to an activating group) is 1. The minimum atomic E-state index is -0.469. The van der Waals surface area contributed by atoms with Gasteiger partial charge in [0.15, 0.2) is 6.61 Å². The molecule has 2 aromatic carbocycles. The average molecular weight is 349 g/mol. The predicted octanol–water partition coefficient (Wildman–Crippen LogP) is 2.47. The number of carbonyl (C=O) groups excluding carboxylic acids is 2. The first kappa shape index (κ1) is 17.4. The van der Waals surface area contributed by atoms with Crippen molar-refractivity contribution in [2.24, 2.45) is 5.73 Å². The summed E-state index contributed by atoms with van der Waals surface area (Å²) in [7, 11) is 3.37. The average Bonchev–Trinajstić information content (AvgIpc) is 2.65. The maximum absolute atomic E-state index is 11.6. The van der Waals surface area contributed by atoms with Crippen LogP contribution in [0.15, 0.2) is 54.9 Å². The van der Waals surface area contributed by atoms with Gasteiger partial charge in [-0.2, -0.15) is 0 Å². The molecule has 0 unspecified atom stereocenters. The van der Waals surface area contributed by atoms with Gasteiger partial charge in [-0.05, 0) is 35.2 Å². The van der Waals surface area contributed by atoms with E-state index in [1.807, 2.05) is 18.2 Å². The molecule has 0 saturated heterocycles. The molecular weight excluding hydrogens is 330 g/mol. The van der Waals surface area contributed by atoms with Gasteiger partial charge in [0.2, 0.25) is 5.91 Å². The van der Waals surface area contributed by atoms with Crippen LogP contribution in [0.3, 0.4) is 0 Å². The summed E-state index contributed by atoms with van der Waals surface area (Å²) in [5.41, 5.74) is 7.66. The number of amides is 2. The van der Waals surface area contributed by atoms with E-state index in [2.05, 4.69) is 4.98 Å². The van der Waals surface area contributed by atoms with E-state index in [1.165, 1.54) is 4.90 Å². The monoisotopic (exact) mass is 349 g/mol. The van der Waals surface area contributed by atoms with Crippen molar-refractivity contribution in [1.82, 2.24) is 9.88 Å². The largest absolute Gasteiger partial charge is 0.484 e. The summed E-state index contributed by atoms with van der Waals surface area (Å²) in [6, 6.07) is 12.7. The molecule has 132 valence electrons. The zero-order chi connectivity index (χ0) is 18.7. The van der Waals surface area contributed by atoms with Gasteiger partial charge in [0.1, 0.15) is 5.75 Å². The second kappa shape index (κ2) is 7.23. The Morgan fingerprint density at radius 1 is 1.08 bits per heavy atom. The van der Waals surface area contributed by atoms with Crippen molar-refractivity contribution in [3.63, 3.8) is 0 Å². The Hall–Kier alpha value is -3.41. The maximum Gasteiger partial charge on any atom is 0.259 e. The normalized spacial score (nSPS) is 10.5. The Balaban J connectivity index is 1.90. The van der Waals surface area contributed by atoms with E-state index in [0.29, 0.717) is 11.3 Å². The van der Waals surface area contributed by atoms with Gasteiger partial charge in [-0.1, -0.05) is 18.2 Å². The quantitative estimate of drug-likeness (QED) is 0.767. The number of aromatic nitrogens is 1. The highest BCUT2D eigenvalue weighted by atomic mass is 16.5. The van der Waals surface area contributed by atoms with E-state index in [-0.39, 0.29) is 12.5 Å². The Morgan fingerprint density at radius 3 is 2.46 bits per heavy atom. The van der Waals surface area contributed by atoms with E-state index in [1.54, 1.807) is 50.8 Å². The summed E-state index contributed by atoms with van der Waals surface area (Å²) in [5.74, 6) is 0.0326. The van der Waals surface area contributed by atoms with Gasteiger partial charge in [0.05, 0.1) is 0 Å². The molecule has 1 heterocycles. The number of hydrogen-bond donors (Lipinski definition) is 1. The third-order valence-electron chi connectivity index (χ3n) is 4.07. The molecule has 0 aliphatic rings. The maximum atomic E-state index is 11.6. The zero-order valence-corrected chi connectivity index (χ0v) is 14.6. The van der Waals surface area contributed by atoms with E-state index in [9.17, 15) is 9.59 Å². The molecule has 0 saturated carbocycles. The van der Waals surface area contributed by atoms with Crippen LogP contribution in [-0.4, -0.2) is 42.4 Å². The number of nitrogens with two attached hydrogens (primary N) is 1. The highest BCUT2D eigenvalue weighted by molar-refractivity contribution is 6.02. The van der Waals surface area contributed by atoms with Crippen LogP contribution >= 0.6 is 0 Å². The van der Waals surface area contributed by atoms with Gasteiger partial charge in [-0.15, -0.1) is 0 Å². The number of benzene rings is 2. The lowest BCUT2D eigenvalue weighted by atomic mass is 9.99. The van der Waals surface area contributed by atoms with Crippen molar-refractivity contribution in [3.8, 4) is 16.9 Å². The van der Waals surface area contributed by atoms with Crippen molar-refractivity contribution in [2.75, 3.05) is 20.7 Å². The first-order valence-corrected chi connectivity index (χ1v) is 8.06.